The molecule has 0 aliphatic carbocycles. The van der Waals surface area contributed by atoms with Gasteiger partial charge in [0.1, 0.15) is 18.4 Å². The monoisotopic (exact) mass is 525 g/mol. The molecule has 0 spiro atoms. The summed E-state index contributed by atoms with van der Waals surface area (Å²) in [4.78, 5) is 28.1. The molecule has 1 atom stereocenters. The van der Waals surface area contributed by atoms with Crippen molar-refractivity contribution < 1.29 is 22.4 Å². The lowest BCUT2D eigenvalue weighted by atomic mass is 10.1. The molecule has 0 unspecified atom stereocenters. The summed E-state index contributed by atoms with van der Waals surface area (Å²) in [5.41, 5.74) is 1.90. The largest absolute Gasteiger partial charge is 0.352 e. The Hall–Kier alpha value is -3.72. The smallest absolute Gasteiger partial charge is 0.264 e. The van der Waals surface area contributed by atoms with E-state index < -0.39 is 34.3 Å². The molecule has 0 aliphatic heterocycles. The Balaban J connectivity index is 2.02. The molecule has 0 radical (unpaired) electrons. The summed E-state index contributed by atoms with van der Waals surface area (Å²) in [7, 11) is -4.18. The number of carbonyl (C=O) groups is 2. The lowest BCUT2D eigenvalue weighted by molar-refractivity contribution is -0.139. The third kappa shape index (κ3) is 6.95. The zero-order valence-corrected chi connectivity index (χ0v) is 22.2. The summed E-state index contributed by atoms with van der Waals surface area (Å²) in [5, 5.41) is 2.82. The second-order valence-electron chi connectivity index (χ2n) is 9.09. The molecule has 0 aliphatic rings. The van der Waals surface area contributed by atoms with Crippen LogP contribution in [0.3, 0.4) is 0 Å². The van der Waals surface area contributed by atoms with Crippen molar-refractivity contribution in [1.29, 1.82) is 0 Å². The van der Waals surface area contributed by atoms with E-state index in [0.717, 1.165) is 27.6 Å². The molecule has 3 aromatic carbocycles. The number of anilines is 1. The third-order valence-corrected chi connectivity index (χ3v) is 7.71. The van der Waals surface area contributed by atoms with Gasteiger partial charge in [0, 0.05) is 12.6 Å². The number of amides is 2. The second kappa shape index (κ2) is 12.0. The minimum atomic E-state index is -4.18. The van der Waals surface area contributed by atoms with Gasteiger partial charge in [-0.15, -0.1) is 0 Å². The summed E-state index contributed by atoms with van der Waals surface area (Å²) in [6, 6.07) is 19.1. The average Bonchev–Trinajstić information content (AvgIpc) is 2.87. The van der Waals surface area contributed by atoms with E-state index in [9.17, 15) is 22.4 Å². The van der Waals surface area contributed by atoms with Crippen molar-refractivity contribution >= 4 is 27.5 Å². The number of benzene rings is 3. The van der Waals surface area contributed by atoms with Gasteiger partial charge >= 0.3 is 0 Å². The Morgan fingerprint density at radius 1 is 0.892 bits per heavy atom. The summed E-state index contributed by atoms with van der Waals surface area (Å²) < 4.78 is 41.8. The minimum absolute atomic E-state index is 0.0109. The molecule has 2 amide bonds. The zero-order valence-electron chi connectivity index (χ0n) is 21.4. The van der Waals surface area contributed by atoms with Crippen LogP contribution in [-0.2, 0) is 26.2 Å². The summed E-state index contributed by atoms with van der Waals surface area (Å²) in [5.74, 6) is -1.46. The Morgan fingerprint density at radius 3 is 2.08 bits per heavy atom. The van der Waals surface area contributed by atoms with E-state index in [4.69, 9.17) is 0 Å². The standard InChI is InChI=1S/C28H32FN3O4S/c1-20(2)30-28(34)22(4)31(18-23-11-9-8-10-21(23)3)27(33)19-32(25-16-14-24(29)15-17-25)37(35,36)26-12-6-5-7-13-26/h5-17,20,22H,18-19H2,1-4H3,(H,30,34)/t22-/m1/s1. The fraction of sp³-hybridized carbons (Fsp3) is 0.286. The predicted octanol–water partition coefficient (Wildman–Crippen LogP) is 4.27. The van der Waals surface area contributed by atoms with E-state index in [1.165, 1.54) is 29.2 Å². The van der Waals surface area contributed by atoms with Crippen molar-refractivity contribution in [3.63, 3.8) is 0 Å². The molecule has 0 bridgehead atoms. The number of aryl methyl sites for hydroxylation is 1. The second-order valence-corrected chi connectivity index (χ2v) is 11.0. The lowest BCUT2D eigenvalue weighted by Crippen LogP contribution is -2.52. The Labute approximate surface area is 218 Å². The van der Waals surface area contributed by atoms with Gasteiger partial charge in [0.25, 0.3) is 10.0 Å². The van der Waals surface area contributed by atoms with Gasteiger partial charge < -0.3 is 10.2 Å². The van der Waals surface area contributed by atoms with Crippen molar-refractivity contribution in [3.05, 3.63) is 95.8 Å². The van der Waals surface area contributed by atoms with Gasteiger partial charge in [0.15, 0.2) is 0 Å². The van der Waals surface area contributed by atoms with Crippen LogP contribution in [0.5, 0.6) is 0 Å². The van der Waals surface area contributed by atoms with Crippen molar-refractivity contribution in [3.8, 4) is 0 Å². The number of hydrogen-bond acceptors (Lipinski definition) is 4. The number of sulfonamides is 1. The van der Waals surface area contributed by atoms with Crippen molar-refractivity contribution in [2.24, 2.45) is 0 Å². The SMILES string of the molecule is Cc1ccccc1CN(C(=O)CN(c1ccc(F)cc1)S(=O)(=O)c1ccccc1)[C@H](C)C(=O)NC(C)C. The van der Waals surface area contributed by atoms with Gasteiger partial charge in [0.05, 0.1) is 10.6 Å². The number of hydrogen-bond donors (Lipinski definition) is 1. The molecule has 0 heterocycles. The topological polar surface area (TPSA) is 86.8 Å². The van der Waals surface area contributed by atoms with E-state index in [2.05, 4.69) is 5.32 Å². The van der Waals surface area contributed by atoms with E-state index >= 15 is 0 Å². The van der Waals surface area contributed by atoms with Crippen LogP contribution in [0, 0.1) is 12.7 Å². The van der Waals surface area contributed by atoms with Crippen LogP contribution in [-0.4, -0.2) is 43.8 Å². The van der Waals surface area contributed by atoms with Crippen LogP contribution in [0.4, 0.5) is 10.1 Å². The summed E-state index contributed by atoms with van der Waals surface area (Å²) >= 11 is 0. The first-order valence-electron chi connectivity index (χ1n) is 12.0. The van der Waals surface area contributed by atoms with E-state index in [-0.39, 0.29) is 29.1 Å². The number of carbonyl (C=O) groups excluding carboxylic acids is 2. The zero-order chi connectivity index (χ0) is 27.2. The normalized spacial score (nSPS) is 12.2. The molecule has 1 N–H and O–H groups in total. The fourth-order valence-electron chi connectivity index (χ4n) is 3.81. The van der Waals surface area contributed by atoms with Gasteiger partial charge in [-0.2, -0.15) is 0 Å². The Kier molecular flexibility index (Phi) is 9.04. The quantitative estimate of drug-likeness (QED) is 0.428. The van der Waals surface area contributed by atoms with Crippen LogP contribution in [0.15, 0.2) is 83.8 Å². The highest BCUT2D eigenvalue weighted by atomic mass is 32.2. The number of nitrogens with one attached hydrogen (secondary N) is 1. The van der Waals surface area contributed by atoms with E-state index in [1.807, 2.05) is 45.0 Å². The summed E-state index contributed by atoms with van der Waals surface area (Å²) in [6.07, 6.45) is 0. The van der Waals surface area contributed by atoms with Gasteiger partial charge in [0.2, 0.25) is 11.8 Å². The lowest BCUT2D eigenvalue weighted by Gasteiger charge is -2.32. The van der Waals surface area contributed by atoms with Crippen LogP contribution >= 0.6 is 0 Å². The van der Waals surface area contributed by atoms with Crippen molar-refractivity contribution in [2.75, 3.05) is 10.8 Å². The maximum absolute atomic E-state index is 13.8. The molecule has 0 aromatic heterocycles. The maximum atomic E-state index is 13.8. The minimum Gasteiger partial charge on any atom is -0.352 e. The van der Waals surface area contributed by atoms with Gasteiger partial charge in [-0.05, 0) is 75.2 Å². The molecule has 0 saturated carbocycles. The Morgan fingerprint density at radius 2 is 1.49 bits per heavy atom. The average molecular weight is 526 g/mol. The van der Waals surface area contributed by atoms with Crippen LogP contribution in [0.1, 0.15) is 31.9 Å². The highest BCUT2D eigenvalue weighted by Gasteiger charge is 2.32. The molecule has 9 heteroatoms. The first-order valence-corrected chi connectivity index (χ1v) is 13.4. The number of halogens is 1. The van der Waals surface area contributed by atoms with Crippen LogP contribution in [0.2, 0.25) is 0 Å². The molecule has 196 valence electrons. The summed E-state index contributed by atoms with van der Waals surface area (Å²) in [6.45, 7) is 6.69. The Bertz CT molecular complexity index is 1330. The van der Waals surface area contributed by atoms with E-state index in [1.54, 1.807) is 25.1 Å². The highest BCUT2D eigenvalue weighted by molar-refractivity contribution is 7.92. The number of rotatable bonds is 10. The van der Waals surface area contributed by atoms with Gasteiger partial charge in [-0.25, -0.2) is 12.8 Å². The van der Waals surface area contributed by atoms with Crippen molar-refractivity contribution in [2.45, 2.75) is 51.2 Å². The van der Waals surface area contributed by atoms with Crippen LogP contribution in [0.25, 0.3) is 0 Å². The molecule has 7 nitrogen and oxygen atoms in total. The number of nitrogens with zero attached hydrogens (tertiary/aromatic N) is 2. The molecule has 3 aromatic rings. The maximum Gasteiger partial charge on any atom is 0.264 e. The van der Waals surface area contributed by atoms with Crippen LogP contribution < -0.4 is 9.62 Å². The molecular formula is C28H32FN3O4S. The highest BCUT2D eigenvalue weighted by Crippen LogP contribution is 2.25. The fourth-order valence-corrected chi connectivity index (χ4v) is 5.25. The predicted molar refractivity (Wildman–Crippen MR) is 142 cm³/mol. The molecule has 0 fully saturated rings. The first-order chi connectivity index (χ1) is 17.5. The van der Waals surface area contributed by atoms with Gasteiger partial charge in [-0.1, -0.05) is 42.5 Å². The van der Waals surface area contributed by atoms with Crippen molar-refractivity contribution in [1.82, 2.24) is 10.2 Å². The molecule has 37 heavy (non-hydrogen) atoms. The molecule has 0 saturated heterocycles. The molecule has 3 rings (SSSR count). The molecular weight excluding hydrogens is 493 g/mol. The first kappa shape index (κ1) is 27.9. The van der Waals surface area contributed by atoms with E-state index in [0.29, 0.717) is 0 Å². The van der Waals surface area contributed by atoms with Gasteiger partial charge in [-0.3, -0.25) is 13.9 Å². The third-order valence-electron chi connectivity index (χ3n) is 5.92.